The standard InChI is InChI=1S/C12H20N2O3/c1-9(6-12(16)17)8-14-4-2-10(3-5-14)7-11(13)15/h6,10H,2-5,7-8H2,1H3,(H2,13,15)(H,16,17). The molecule has 0 aromatic carbocycles. The van der Waals surface area contributed by atoms with Crippen LogP contribution in [-0.4, -0.2) is 41.5 Å². The molecule has 1 aliphatic heterocycles. The minimum Gasteiger partial charge on any atom is -0.478 e. The Kier molecular flexibility index (Phi) is 5.15. The van der Waals surface area contributed by atoms with Gasteiger partial charge >= 0.3 is 5.97 Å². The van der Waals surface area contributed by atoms with Crippen molar-refractivity contribution in [1.82, 2.24) is 4.90 Å². The predicted octanol–water partition coefficient (Wildman–Crippen LogP) is 0.605. The van der Waals surface area contributed by atoms with Crippen LogP contribution in [0.1, 0.15) is 26.2 Å². The third kappa shape index (κ3) is 5.49. The number of hydrogen-bond acceptors (Lipinski definition) is 3. The van der Waals surface area contributed by atoms with Crippen LogP contribution in [0.2, 0.25) is 0 Å². The van der Waals surface area contributed by atoms with Crippen molar-refractivity contribution in [1.29, 1.82) is 0 Å². The van der Waals surface area contributed by atoms with Crippen LogP contribution >= 0.6 is 0 Å². The van der Waals surface area contributed by atoms with E-state index >= 15 is 0 Å². The van der Waals surface area contributed by atoms with Gasteiger partial charge in [0.2, 0.25) is 5.91 Å². The number of amides is 1. The Hall–Kier alpha value is -1.36. The summed E-state index contributed by atoms with van der Waals surface area (Å²) in [6.45, 7) is 4.32. The van der Waals surface area contributed by atoms with E-state index in [1.165, 1.54) is 6.08 Å². The van der Waals surface area contributed by atoms with Crippen LogP contribution in [0, 0.1) is 5.92 Å². The zero-order valence-corrected chi connectivity index (χ0v) is 10.2. The van der Waals surface area contributed by atoms with Crippen molar-refractivity contribution in [2.75, 3.05) is 19.6 Å². The highest BCUT2D eigenvalue weighted by Crippen LogP contribution is 2.20. The monoisotopic (exact) mass is 240 g/mol. The van der Waals surface area contributed by atoms with Crippen molar-refractivity contribution < 1.29 is 14.7 Å². The van der Waals surface area contributed by atoms with E-state index in [1.54, 1.807) is 0 Å². The van der Waals surface area contributed by atoms with E-state index in [-0.39, 0.29) is 5.91 Å². The average Bonchev–Trinajstić information content (AvgIpc) is 2.18. The molecular formula is C12H20N2O3. The number of carboxylic acids is 1. The molecule has 1 rings (SSSR count). The van der Waals surface area contributed by atoms with Gasteiger partial charge in [-0.3, -0.25) is 9.69 Å². The highest BCUT2D eigenvalue weighted by Gasteiger charge is 2.20. The van der Waals surface area contributed by atoms with Crippen molar-refractivity contribution in [3.63, 3.8) is 0 Å². The second-order valence-corrected chi connectivity index (χ2v) is 4.72. The highest BCUT2D eigenvalue weighted by atomic mass is 16.4. The van der Waals surface area contributed by atoms with E-state index in [4.69, 9.17) is 10.8 Å². The summed E-state index contributed by atoms with van der Waals surface area (Å²) in [7, 11) is 0. The number of carboxylic acid groups (broad SMARTS) is 1. The zero-order chi connectivity index (χ0) is 12.8. The van der Waals surface area contributed by atoms with E-state index in [9.17, 15) is 9.59 Å². The third-order valence-corrected chi connectivity index (χ3v) is 3.04. The number of carbonyl (C=O) groups is 2. The average molecular weight is 240 g/mol. The Morgan fingerprint density at radius 2 is 2.00 bits per heavy atom. The molecule has 1 fully saturated rings. The fourth-order valence-corrected chi connectivity index (χ4v) is 2.24. The Bertz CT molecular complexity index is 318. The van der Waals surface area contributed by atoms with E-state index in [1.807, 2.05) is 6.92 Å². The molecule has 0 aliphatic carbocycles. The molecule has 1 amide bonds. The molecule has 3 N–H and O–H groups in total. The molecular weight excluding hydrogens is 220 g/mol. The summed E-state index contributed by atoms with van der Waals surface area (Å²) in [5.74, 6) is -0.732. The van der Waals surface area contributed by atoms with Gasteiger partial charge in [0.1, 0.15) is 0 Å². The molecule has 0 aromatic heterocycles. The van der Waals surface area contributed by atoms with Crippen molar-refractivity contribution in [2.45, 2.75) is 26.2 Å². The minimum atomic E-state index is -0.897. The van der Waals surface area contributed by atoms with Crippen molar-refractivity contribution in [2.24, 2.45) is 11.7 Å². The maximum atomic E-state index is 10.8. The maximum Gasteiger partial charge on any atom is 0.328 e. The fraction of sp³-hybridized carbons (Fsp3) is 0.667. The molecule has 5 nitrogen and oxygen atoms in total. The molecule has 1 heterocycles. The van der Waals surface area contributed by atoms with Gasteiger partial charge in [0.25, 0.3) is 0 Å². The SMILES string of the molecule is CC(=CC(=O)O)CN1CCC(CC(N)=O)CC1. The second kappa shape index (κ2) is 6.39. The van der Waals surface area contributed by atoms with Gasteiger partial charge in [0, 0.05) is 19.0 Å². The smallest absolute Gasteiger partial charge is 0.328 e. The quantitative estimate of drug-likeness (QED) is 0.689. The van der Waals surface area contributed by atoms with Crippen LogP contribution in [0.25, 0.3) is 0 Å². The van der Waals surface area contributed by atoms with Gasteiger partial charge in [-0.15, -0.1) is 0 Å². The first kappa shape index (κ1) is 13.7. The summed E-state index contributed by atoms with van der Waals surface area (Å²) in [5, 5.41) is 8.61. The summed E-state index contributed by atoms with van der Waals surface area (Å²) in [6, 6.07) is 0. The van der Waals surface area contributed by atoms with Crippen LogP contribution < -0.4 is 5.73 Å². The molecule has 96 valence electrons. The molecule has 0 bridgehead atoms. The van der Waals surface area contributed by atoms with Crippen LogP contribution in [0.3, 0.4) is 0 Å². The van der Waals surface area contributed by atoms with Gasteiger partial charge < -0.3 is 10.8 Å². The second-order valence-electron chi connectivity index (χ2n) is 4.72. The molecule has 17 heavy (non-hydrogen) atoms. The molecule has 1 aliphatic rings. The van der Waals surface area contributed by atoms with Crippen molar-refractivity contribution >= 4 is 11.9 Å². The minimum absolute atomic E-state index is 0.231. The Labute approximate surface area is 101 Å². The molecule has 0 radical (unpaired) electrons. The zero-order valence-electron chi connectivity index (χ0n) is 10.2. The first-order chi connectivity index (χ1) is 7.97. The van der Waals surface area contributed by atoms with Crippen LogP contribution in [0.4, 0.5) is 0 Å². The predicted molar refractivity (Wildman–Crippen MR) is 64.4 cm³/mol. The van der Waals surface area contributed by atoms with Crippen LogP contribution in [0.15, 0.2) is 11.6 Å². The highest BCUT2D eigenvalue weighted by molar-refractivity contribution is 5.80. The number of nitrogens with two attached hydrogens (primary N) is 1. The van der Waals surface area contributed by atoms with E-state index in [0.29, 0.717) is 18.9 Å². The number of carbonyl (C=O) groups excluding carboxylic acids is 1. The Morgan fingerprint density at radius 1 is 1.41 bits per heavy atom. The first-order valence-corrected chi connectivity index (χ1v) is 5.88. The lowest BCUT2D eigenvalue weighted by molar-refractivity contribution is -0.131. The summed E-state index contributed by atoms with van der Waals surface area (Å²) < 4.78 is 0. The normalized spacial score (nSPS) is 19.2. The van der Waals surface area contributed by atoms with Crippen molar-refractivity contribution in [3.8, 4) is 0 Å². The fourth-order valence-electron chi connectivity index (χ4n) is 2.24. The van der Waals surface area contributed by atoms with Gasteiger partial charge in [-0.05, 0) is 38.8 Å². The molecule has 0 saturated carbocycles. The van der Waals surface area contributed by atoms with Gasteiger partial charge in [0.05, 0.1) is 0 Å². The number of hydrogen-bond donors (Lipinski definition) is 2. The lowest BCUT2D eigenvalue weighted by Gasteiger charge is -2.31. The lowest BCUT2D eigenvalue weighted by Crippen LogP contribution is -2.36. The summed E-state index contributed by atoms with van der Waals surface area (Å²) in [4.78, 5) is 23.5. The van der Waals surface area contributed by atoms with Gasteiger partial charge in [-0.25, -0.2) is 4.79 Å². The molecule has 1 saturated heterocycles. The van der Waals surface area contributed by atoms with Crippen LogP contribution in [0.5, 0.6) is 0 Å². The first-order valence-electron chi connectivity index (χ1n) is 5.88. The topological polar surface area (TPSA) is 83.6 Å². The molecule has 0 unspecified atom stereocenters. The Balaban J connectivity index is 2.32. The number of rotatable bonds is 5. The number of piperidine rings is 1. The molecule has 0 aromatic rings. The molecule has 5 heteroatoms. The van der Waals surface area contributed by atoms with Crippen LogP contribution in [-0.2, 0) is 9.59 Å². The molecule has 0 spiro atoms. The summed E-state index contributed by atoms with van der Waals surface area (Å²) in [5.41, 5.74) is 6.02. The van der Waals surface area contributed by atoms with E-state index in [2.05, 4.69) is 4.90 Å². The maximum absolute atomic E-state index is 10.8. The largest absolute Gasteiger partial charge is 0.478 e. The number of likely N-dealkylation sites (tertiary alicyclic amines) is 1. The van der Waals surface area contributed by atoms with E-state index < -0.39 is 5.97 Å². The van der Waals surface area contributed by atoms with E-state index in [0.717, 1.165) is 31.5 Å². The van der Waals surface area contributed by atoms with Gasteiger partial charge in [0.15, 0.2) is 0 Å². The van der Waals surface area contributed by atoms with Gasteiger partial charge in [-0.2, -0.15) is 0 Å². The summed E-state index contributed by atoms with van der Waals surface area (Å²) >= 11 is 0. The number of nitrogens with zero attached hydrogens (tertiary/aromatic N) is 1. The lowest BCUT2D eigenvalue weighted by atomic mass is 9.93. The Morgan fingerprint density at radius 3 is 2.47 bits per heavy atom. The third-order valence-electron chi connectivity index (χ3n) is 3.04. The number of aliphatic carboxylic acids is 1. The summed E-state index contributed by atoms with van der Waals surface area (Å²) in [6.07, 6.45) is 3.64. The van der Waals surface area contributed by atoms with Gasteiger partial charge in [-0.1, -0.05) is 5.57 Å². The van der Waals surface area contributed by atoms with Crippen molar-refractivity contribution in [3.05, 3.63) is 11.6 Å². The molecule has 0 atom stereocenters. The number of primary amides is 1.